The Kier molecular flexibility index (Phi) is 5.65. The Morgan fingerprint density at radius 2 is 1.90 bits per heavy atom. The maximum absolute atomic E-state index is 5.43. The van der Waals surface area contributed by atoms with Crippen LogP contribution < -0.4 is 4.74 Å². The van der Waals surface area contributed by atoms with Crippen molar-refractivity contribution in [2.45, 2.75) is 52.0 Å². The molecule has 20 heavy (non-hydrogen) atoms. The SMILES string of the molecule is CCCCCCCCn1c(=S)[nH]c2c(OC)cccc21. The normalized spacial score (nSPS) is 11.1. The first-order valence-electron chi connectivity index (χ1n) is 7.53. The van der Waals surface area contributed by atoms with Gasteiger partial charge in [-0.2, -0.15) is 0 Å². The van der Waals surface area contributed by atoms with Gasteiger partial charge in [-0.05, 0) is 30.8 Å². The van der Waals surface area contributed by atoms with Crippen molar-refractivity contribution in [3.05, 3.63) is 23.0 Å². The van der Waals surface area contributed by atoms with Gasteiger partial charge in [-0.25, -0.2) is 0 Å². The molecule has 0 saturated carbocycles. The standard InChI is InChI=1S/C16H24N2OS/c1-3-4-5-6-7-8-12-18-13-10-9-11-14(19-2)15(13)17-16(18)20/h9-11H,3-8,12H2,1-2H3,(H,17,20). The van der Waals surface area contributed by atoms with Crippen LogP contribution in [0.4, 0.5) is 0 Å². The molecule has 0 radical (unpaired) electrons. The van der Waals surface area contributed by atoms with E-state index >= 15 is 0 Å². The van der Waals surface area contributed by atoms with E-state index in [1.807, 2.05) is 12.1 Å². The molecule has 0 unspecified atom stereocenters. The fraction of sp³-hybridized carbons (Fsp3) is 0.562. The number of hydrogen-bond acceptors (Lipinski definition) is 2. The Balaban J connectivity index is 2.03. The second-order valence-corrected chi connectivity index (χ2v) is 5.59. The van der Waals surface area contributed by atoms with Gasteiger partial charge in [0.05, 0.1) is 12.6 Å². The molecule has 1 N–H and O–H groups in total. The molecule has 3 nitrogen and oxygen atoms in total. The number of aromatic amines is 1. The minimum Gasteiger partial charge on any atom is -0.494 e. The van der Waals surface area contributed by atoms with Crippen LogP contribution in [0.15, 0.2) is 18.2 Å². The summed E-state index contributed by atoms with van der Waals surface area (Å²) < 4.78 is 8.35. The third kappa shape index (κ3) is 3.42. The summed E-state index contributed by atoms with van der Waals surface area (Å²) in [6.45, 7) is 3.23. The minimum atomic E-state index is 0.790. The van der Waals surface area contributed by atoms with Crippen molar-refractivity contribution in [3.8, 4) is 5.75 Å². The highest BCUT2D eigenvalue weighted by Crippen LogP contribution is 2.24. The van der Waals surface area contributed by atoms with Crippen molar-refractivity contribution < 1.29 is 4.74 Å². The molecular formula is C16H24N2OS. The predicted molar refractivity (Wildman–Crippen MR) is 87.1 cm³/mol. The van der Waals surface area contributed by atoms with Crippen LogP contribution in [0.25, 0.3) is 11.0 Å². The molecule has 0 fully saturated rings. The highest BCUT2D eigenvalue weighted by Gasteiger charge is 2.08. The Bertz CT molecular complexity index is 600. The van der Waals surface area contributed by atoms with E-state index in [-0.39, 0.29) is 0 Å². The summed E-state index contributed by atoms with van der Waals surface area (Å²) in [5, 5.41) is 0. The number of para-hydroxylation sites is 1. The fourth-order valence-corrected chi connectivity index (χ4v) is 2.89. The second-order valence-electron chi connectivity index (χ2n) is 5.20. The first-order valence-corrected chi connectivity index (χ1v) is 7.94. The van der Waals surface area contributed by atoms with E-state index in [9.17, 15) is 0 Å². The molecule has 2 rings (SSSR count). The Morgan fingerprint density at radius 3 is 2.65 bits per heavy atom. The summed E-state index contributed by atoms with van der Waals surface area (Å²) in [5.74, 6) is 0.857. The number of imidazole rings is 1. The third-order valence-electron chi connectivity index (χ3n) is 3.73. The molecule has 1 aromatic heterocycles. The summed E-state index contributed by atoms with van der Waals surface area (Å²) in [5.41, 5.74) is 2.15. The summed E-state index contributed by atoms with van der Waals surface area (Å²) in [4.78, 5) is 3.26. The number of benzene rings is 1. The van der Waals surface area contributed by atoms with E-state index in [0.717, 1.165) is 28.1 Å². The van der Waals surface area contributed by atoms with Gasteiger partial charge in [-0.3, -0.25) is 0 Å². The quantitative estimate of drug-likeness (QED) is 0.544. The number of methoxy groups -OCH3 is 1. The van der Waals surface area contributed by atoms with Crippen LogP contribution in [0.1, 0.15) is 45.4 Å². The average molecular weight is 292 g/mol. The highest BCUT2D eigenvalue weighted by molar-refractivity contribution is 7.71. The molecule has 0 bridgehead atoms. The van der Waals surface area contributed by atoms with E-state index < -0.39 is 0 Å². The molecule has 2 aromatic rings. The lowest BCUT2D eigenvalue weighted by Gasteiger charge is -2.05. The van der Waals surface area contributed by atoms with Crippen molar-refractivity contribution in [2.24, 2.45) is 0 Å². The van der Waals surface area contributed by atoms with Crippen molar-refractivity contribution >= 4 is 23.3 Å². The predicted octanol–water partition coefficient (Wildman–Crippen LogP) is 5.07. The van der Waals surface area contributed by atoms with Crippen LogP contribution in [0.2, 0.25) is 0 Å². The van der Waals surface area contributed by atoms with E-state index in [1.54, 1.807) is 7.11 Å². The number of fused-ring (bicyclic) bond motifs is 1. The summed E-state index contributed by atoms with van der Waals surface area (Å²) in [7, 11) is 1.69. The van der Waals surface area contributed by atoms with Crippen molar-refractivity contribution in [2.75, 3.05) is 7.11 Å². The Hall–Kier alpha value is -1.29. The van der Waals surface area contributed by atoms with Gasteiger partial charge < -0.3 is 14.3 Å². The highest BCUT2D eigenvalue weighted by atomic mass is 32.1. The number of ether oxygens (including phenoxy) is 1. The zero-order chi connectivity index (χ0) is 14.4. The second kappa shape index (κ2) is 7.48. The van der Waals surface area contributed by atoms with Crippen molar-refractivity contribution in [1.82, 2.24) is 9.55 Å². The van der Waals surface area contributed by atoms with Gasteiger partial charge in [0, 0.05) is 6.54 Å². The van der Waals surface area contributed by atoms with Crippen LogP contribution >= 0.6 is 12.2 Å². The number of hydrogen-bond donors (Lipinski definition) is 1. The maximum Gasteiger partial charge on any atom is 0.178 e. The molecule has 0 aliphatic heterocycles. The zero-order valence-electron chi connectivity index (χ0n) is 12.4. The lowest BCUT2D eigenvalue weighted by atomic mass is 10.1. The van der Waals surface area contributed by atoms with E-state index in [2.05, 4.69) is 22.5 Å². The van der Waals surface area contributed by atoms with Gasteiger partial charge in [0.2, 0.25) is 0 Å². The maximum atomic E-state index is 5.43. The molecule has 0 aliphatic carbocycles. The summed E-state index contributed by atoms with van der Waals surface area (Å²) >= 11 is 5.43. The van der Waals surface area contributed by atoms with Crippen LogP contribution in [-0.4, -0.2) is 16.7 Å². The van der Waals surface area contributed by atoms with Gasteiger partial charge in [0.15, 0.2) is 4.77 Å². The van der Waals surface area contributed by atoms with Crippen LogP contribution in [0.3, 0.4) is 0 Å². The van der Waals surface area contributed by atoms with Crippen molar-refractivity contribution in [1.29, 1.82) is 0 Å². The topological polar surface area (TPSA) is 29.9 Å². The average Bonchev–Trinajstić information content (AvgIpc) is 2.78. The lowest BCUT2D eigenvalue weighted by Crippen LogP contribution is -1.98. The molecule has 1 aromatic carbocycles. The molecule has 0 saturated heterocycles. The molecular weight excluding hydrogens is 268 g/mol. The zero-order valence-corrected chi connectivity index (χ0v) is 13.3. The number of unbranched alkanes of at least 4 members (excludes halogenated alkanes) is 5. The van der Waals surface area contributed by atoms with Gasteiger partial charge in [0.25, 0.3) is 0 Å². The number of H-pyrrole nitrogens is 1. The number of rotatable bonds is 8. The van der Waals surface area contributed by atoms with Crippen LogP contribution in [0, 0.1) is 4.77 Å². The Labute approximate surface area is 126 Å². The number of aromatic nitrogens is 2. The third-order valence-corrected chi connectivity index (χ3v) is 4.05. The molecule has 0 atom stereocenters. The van der Waals surface area contributed by atoms with Gasteiger partial charge in [-0.15, -0.1) is 0 Å². The van der Waals surface area contributed by atoms with Crippen LogP contribution in [0.5, 0.6) is 5.75 Å². The molecule has 1 heterocycles. The fourth-order valence-electron chi connectivity index (χ4n) is 2.60. The monoisotopic (exact) mass is 292 g/mol. The molecule has 0 spiro atoms. The molecule has 0 aliphatic rings. The molecule has 0 amide bonds. The number of nitrogens with zero attached hydrogens (tertiary/aromatic N) is 1. The first kappa shape index (κ1) is 15.1. The van der Waals surface area contributed by atoms with Gasteiger partial charge >= 0.3 is 0 Å². The van der Waals surface area contributed by atoms with E-state index in [4.69, 9.17) is 17.0 Å². The van der Waals surface area contributed by atoms with Crippen LogP contribution in [-0.2, 0) is 6.54 Å². The number of nitrogens with one attached hydrogen (secondary N) is 1. The van der Waals surface area contributed by atoms with Gasteiger partial charge in [-0.1, -0.05) is 45.1 Å². The first-order chi connectivity index (χ1) is 9.77. The molecule has 4 heteroatoms. The Morgan fingerprint density at radius 1 is 1.15 bits per heavy atom. The van der Waals surface area contributed by atoms with Gasteiger partial charge in [0.1, 0.15) is 11.3 Å². The largest absolute Gasteiger partial charge is 0.494 e. The summed E-state index contributed by atoms with van der Waals surface area (Å²) in [6.07, 6.45) is 7.79. The number of aryl methyl sites for hydroxylation is 1. The smallest absolute Gasteiger partial charge is 0.178 e. The minimum absolute atomic E-state index is 0.790. The van der Waals surface area contributed by atoms with E-state index in [1.165, 1.54) is 38.5 Å². The van der Waals surface area contributed by atoms with Crippen molar-refractivity contribution in [3.63, 3.8) is 0 Å². The molecule has 110 valence electrons. The van der Waals surface area contributed by atoms with E-state index in [0.29, 0.717) is 0 Å². The summed E-state index contributed by atoms with van der Waals surface area (Å²) in [6, 6.07) is 6.07. The lowest BCUT2D eigenvalue weighted by molar-refractivity contribution is 0.419.